The van der Waals surface area contributed by atoms with Crippen LogP contribution in [0.2, 0.25) is 0 Å². The fourth-order valence-corrected chi connectivity index (χ4v) is 2.86. The number of phenols is 1. The van der Waals surface area contributed by atoms with E-state index in [0.717, 1.165) is 12.1 Å². The maximum Gasteiger partial charge on any atom is 0.258 e. The Bertz CT molecular complexity index is 678. The minimum absolute atomic E-state index is 0.0455. The highest BCUT2D eigenvalue weighted by Crippen LogP contribution is 2.34. The van der Waals surface area contributed by atoms with Gasteiger partial charge in [-0.15, -0.1) is 0 Å². The number of benzene rings is 2. The number of phenolic OH excluding ortho intramolecular Hbond substituents is 1. The van der Waals surface area contributed by atoms with Gasteiger partial charge in [-0.05, 0) is 44.0 Å². The van der Waals surface area contributed by atoms with Gasteiger partial charge in [0.15, 0.2) is 0 Å². The van der Waals surface area contributed by atoms with E-state index in [1.807, 2.05) is 23.1 Å². The Morgan fingerprint density at radius 3 is 2.75 bits per heavy atom. The largest absolute Gasteiger partial charge is 0.508 e. The highest BCUT2D eigenvalue weighted by Gasteiger charge is 2.31. The number of carbonyl (C=O) groups is 1. The van der Waals surface area contributed by atoms with E-state index in [4.69, 9.17) is 0 Å². The van der Waals surface area contributed by atoms with Crippen molar-refractivity contribution in [2.24, 2.45) is 0 Å². The van der Waals surface area contributed by atoms with E-state index in [0.29, 0.717) is 11.1 Å². The Kier molecular flexibility index (Phi) is 2.97. The molecule has 0 fully saturated rings. The average Bonchev–Trinajstić information content (AvgIpc) is 2.77. The van der Waals surface area contributed by atoms with E-state index < -0.39 is 0 Å². The molecule has 20 heavy (non-hydrogen) atoms. The monoisotopic (exact) mass is 267 g/mol. The van der Waals surface area contributed by atoms with Gasteiger partial charge >= 0.3 is 0 Å². The summed E-state index contributed by atoms with van der Waals surface area (Å²) in [5.74, 6) is 0.117. The Morgan fingerprint density at radius 2 is 1.95 bits per heavy atom. The Hall–Kier alpha value is -2.29. The number of anilines is 1. The topological polar surface area (TPSA) is 40.5 Å². The normalized spacial score (nSPS) is 17.1. The van der Waals surface area contributed by atoms with Crippen LogP contribution in [0, 0.1) is 6.92 Å². The van der Waals surface area contributed by atoms with Gasteiger partial charge in [-0.1, -0.05) is 24.3 Å². The van der Waals surface area contributed by atoms with Crippen LogP contribution >= 0.6 is 0 Å². The molecule has 3 rings (SSSR count). The molecule has 1 atom stereocenters. The molecule has 0 radical (unpaired) electrons. The minimum Gasteiger partial charge on any atom is -0.508 e. The lowest BCUT2D eigenvalue weighted by Gasteiger charge is -2.23. The van der Waals surface area contributed by atoms with Crippen LogP contribution in [0.25, 0.3) is 0 Å². The molecular formula is C17H17NO2. The van der Waals surface area contributed by atoms with E-state index in [9.17, 15) is 9.90 Å². The quantitative estimate of drug-likeness (QED) is 0.861. The zero-order chi connectivity index (χ0) is 14.3. The third kappa shape index (κ3) is 1.86. The predicted octanol–water partition coefficient (Wildman–Crippen LogP) is 3.29. The lowest BCUT2D eigenvalue weighted by atomic mass is 10.1. The highest BCUT2D eigenvalue weighted by molar-refractivity contribution is 6.08. The number of para-hydroxylation sites is 1. The van der Waals surface area contributed by atoms with Gasteiger partial charge in [0.2, 0.25) is 0 Å². The van der Waals surface area contributed by atoms with Crippen LogP contribution in [0.4, 0.5) is 5.69 Å². The van der Waals surface area contributed by atoms with Crippen LogP contribution in [0.5, 0.6) is 5.75 Å². The van der Waals surface area contributed by atoms with Gasteiger partial charge < -0.3 is 10.0 Å². The summed E-state index contributed by atoms with van der Waals surface area (Å²) in [6.07, 6.45) is 0.875. The molecule has 2 aromatic rings. The van der Waals surface area contributed by atoms with Gasteiger partial charge in [-0.25, -0.2) is 0 Å². The molecule has 102 valence electrons. The molecule has 0 aliphatic carbocycles. The maximum absolute atomic E-state index is 12.8. The number of carbonyl (C=O) groups excluding carboxylic acids is 1. The zero-order valence-electron chi connectivity index (χ0n) is 11.6. The first-order valence-corrected chi connectivity index (χ1v) is 6.79. The standard InChI is InChI=1S/C17H17NO2/c1-11-10-13-6-3-4-8-15(13)18(11)17(20)14-7-5-9-16(19)12(14)2/h3-9,11,19H,10H2,1-2H3. The summed E-state index contributed by atoms with van der Waals surface area (Å²) in [5.41, 5.74) is 3.38. The second-order valence-corrected chi connectivity index (χ2v) is 5.31. The van der Waals surface area contributed by atoms with E-state index in [2.05, 4.69) is 13.0 Å². The predicted molar refractivity (Wildman–Crippen MR) is 79.3 cm³/mol. The van der Waals surface area contributed by atoms with Crippen LogP contribution in [0.3, 0.4) is 0 Å². The molecule has 1 aliphatic rings. The van der Waals surface area contributed by atoms with Crippen molar-refractivity contribution >= 4 is 11.6 Å². The first kappa shape index (κ1) is 12.7. The molecular weight excluding hydrogens is 250 g/mol. The molecule has 1 amide bonds. The summed E-state index contributed by atoms with van der Waals surface area (Å²) in [6, 6.07) is 13.2. The average molecular weight is 267 g/mol. The van der Waals surface area contributed by atoms with Crippen molar-refractivity contribution in [1.29, 1.82) is 0 Å². The van der Waals surface area contributed by atoms with Crippen LogP contribution in [0.1, 0.15) is 28.4 Å². The number of rotatable bonds is 1. The molecule has 0 spiro atoms. The molecule has 0 aromatic heterocycles. The first-order chi connectivity index (χ1) is 9.59. The number of hydrogen-bond donors (Lipinski definition) is 1. The Balaban J connectivity index is 2.05. The van der Waals surface area contributed by atoms with Gasteiger partial charge in [-0.2, -0.15) is 0 Å². The van der Waals surface area contributed by atoms with Crippen molar-refractivity contribution in [1.82, 2.24) is 0 Å². The fourth-order valence-electron chi connectivity index (χ4n) is 2.86. The smallest absolute Gasteiger partial charge is 0.258 e. The van der Waals surface area contributed by atoms with E-state index in [1.54, 1.807) is 25.1 Å². The highest BCUT2D eigenvalue weighted by atomic mass is 16.3. The molecule has 0 bridgehead atoms. The van der Waals surface area contributed by atoms with E-state index in [1.165, 1.54) is 5.56 Å². The summed E-state index contributed by atoms with van der Waals surface area (Å²) >= 11 is 0. The van der Waals surface area contributed by atoms with Gasteiger partial charge in [0.25, 0.3) is 5.91 Å². The van der Waals surface area contributed by atoms with Crippen LogP contribution in [-0.2, 0) is 6.42 Å². The molecule has 2 aromatic carbocycles. The summed E-state index contributed by atoms with van der Waals surface area (Å²) < 4.78 is 0. The summed E-state index contributed by atoms with van der Waals surface area (Å²) in [4.78, 5) is 14.6. The zero-order valence-corrected chi connectivity index (χ0v) is 11.6. The molecule has 1 N–H and O–H groups in total. The Morgan fingerprint density at radius 1 is 1.20 bits per heavy atom. The van der Waals surface area contributed by atoms with Gasteiger partial charge in [0.05, 0.1) is 0 Å². The third-order valence-corrected chi connectivity index (χ3v) is 3.96. The molecule has 1 unspecified atom stereocenters. The summed E-state index contributed by atoms with van der Waals surface area (Å²) in [7, 11) is 0. The SMILES string of the molecule is Cc1c(O)cccc1C(=O)N1c2ccccc2CC1C. The second-order valence-electron chi connectivity index (χ2n) is 5.31. The summed E-state index contributed by atoms with van der Waals surface area (Å²) in [6.45, 7) is 3.82. The van der Waals surface area contributed by atoms with E-state index >= 15 is 0 Å². The number of nitrogens with zero attached hydrogens (tertiary/aromatic N) is 1. The number of fused-ring (bicyclic) bond motifs is 1. The van der Waals surface area contributed by atoms with Gasteiger partial charge in [0, 0.05) is 22.9 Å². The number of hydrogen-bond acceptors (Lipinski definition) is 2. The lowest BCUT2D eigenvalue weighted by molar-refractivity contribution is 0.0980. The first-order valence-electron chi connectivity index (χ1n) is 6.79. The van der Waals surface area contributed by atoms with Crippen LogP contribution in [0.15, 0.2) is 42.5 Å². The van der Waals surface area contributed by atoms with Crippen LogP contribution in [-0.4, -0.2) is 17.1 Å². The fraction of sp³-hybridized carbons (Fsp3) is 0.235. The van der Waals surface area contributed by atoms with Crippen molar-refractivity contribution in [3.05, 3.63) is 59.2 Å². The van der Waals surface area contributed by atoms with E-state index in [-0.39, 0.29) is 17.7 Å². The van der Waals surface area contributed by atoms with Gasteiger partial charge in [-0.3, -0.25) is 4.79 Å². The summed E-state index contributed by atoms with van der Waals surface area (Å²) in [5, 5.41) is 9.78. The number of aromatic hydroxyl groups is 1. The van der Waals surface area contributed by atoms with Crippen LogP contribution < -0.4 is 4.90 Å². The minimum atomic E-state index is -0.0455. The second kappa shape index (κ2) is 4.67. The van der Waals surface area contributed by atoms with Crippen molar-refractivity contribution in [3.63, 3.8) is 0 Å². The molecule has 0 saturated heterocycles. The number of amides is 1. The van der Waals surface area contributed by atoms with Crippen molar-refractivity contribution in [2.45, 2.75) is 26.3 Å². The third-order valence-electron chi connectivity index (χ3n) is 3.96. The van der Waals surface area contributed by atoms with Crippen molar-refractivity contribution in [3.8, 4) is 5.75 Å². The molecule has 3 nitrogen and oxygen atoms in total. The Labute approximate surface area is 118 Å². The van der Waals surface area contributed by atoms with Crippen molar-refractivity contribution in [2.75, 3.05) is 4.90 Å². The molecule has 1 aliphatic heterocycles. The lowest BCUT2D eigenvalue weighted by Crippen LogP contribution is -2.36. The molecule has 3 heteroatoms. The molecule has 1 heterocycles. The maximum atomic E-state index is 12.8. The molecule has 0 saturated carbocycles. The van der Waals surface area contributed by atoms with Crippen molar-refractivity contribution < 1.29 is 9.90 Å². The van der Waals surface area contributed by atoms with Gasteiger partial charge in [0.1, 0.15) is 5.75 Å².